The van der Waals surface area contributed by atoms with Gasteiger partial charge in [-0.2, -0.15) is 0 Å². The molecule has 0 amide bonds. The summed E-state index contributed by atoms with van der Waals surface area (Å²) in [5, 5.41) is 0. The van der Waals surface area contributed by atoms with Gasteiger partial charge >= 0.3 is 0 Å². The molecule has 1 aromatic carbocycles. The maximum atomic E-state index is 6.22. The van der Waals surface area contributed by atoms with E-state index in [1.165, 1.54) is 36.8 Å². The first-order chi connectivity index (χ1) is 9.19. The predicted octanol–water partition coefficient (Wildman–Crippen LogP) is 4.00. The van der Waals surface area contributed by atoms with Crippen molar-refractivity contribution in [3.63, 3.8) is 0 Å². The molecule has 2 atom stereocenters. The fraction of sp³-hybridized carbons (Fsp3) is 0.647. The van der Waals surface area contributed by atoms with Crippen LogP contribution >= 0.6 is 0 Å². The molecular weight excluding hydrogens is 236 g/mol. The first-order valence-electron chi connectivity index (χ1n) is 7.52. The number of rotatable bonds is 3. The summed E-state index contributed by atoms with van der Waals surface area (Å²) in [5.74, 6) is 0. The van der Waals surface area contributed by atoms with Crippen LogP contribution in [0.25, 0.3) is 0 Å². The SMILES string of the molecule is Cc1ccccc1COC1CC2(CCCC2)OC1C. The van der Waals surface area contributed by atoms with E-state index in [-0.39, 0.29) is 17.8 Å². The van der Waals surface area contributed by atoms with Crippen LogP contribution in [0, 0.1) is 6.92 Å². The summed E-state index contributed by atoms with van der Waals surface area (Å²) in [5.41, 5.74) is 2.75. The van der Waals surface area contributed by atoms with E-state index in [4.69, 9.17) is 9.47 Å². The van der Waals surface area contributed by atoms with Crippen LogP contribution < -0.4 is 0 Å². The topological polar surface area (TPSA) is 18.5 Å². The molecule has 2 aliphatic rings. The molecule has 2 fully saturated rings. The normalized spacial score (nSPS) is 29.2. The second-order valence-electron chi connectivity index (χ2n) is 6.19. The monoisotopic (exact) mass is 260 g/mol. The molecule has 19 heavy (non-hydrogen) atoms. The molecule has 104 valence electrons. The molecule has 2 heteroatoms. The molecule has 2 unspecified atom stereocenters. The van der Waals surface area contributed by atoms with E-state index >= 15 is 0 Å². The van der Waals surface area contributed by atoms with Crippen LogP contribution in [0.15, 0.2) is 24.3 Å². The zero-order chi connectivity index (χ0) is 13.3. The van der Waals surface area contributed by atoms with Crippen molar-refractivity contribution in [2.45, 2.75) is 70.4 Å². The summed E-state index contributed by atoms with van der Waals surface area (Å²) >= 11 is 0. The fourth-order valence-electron chi connectivity index (χ4n) is 3.56. The second kappa shape index (κ2) is 5.26. The molecule has 0 bridgehead atoms. The quantitative estimate of drug-likeness (QED) is 0.817. The summed E-state index contributed by atoms with van der Waals surface area (Å²) in [6, 6.07) is 8.46. The van der Waals surface area contributed by atoms with Gasteiger partial charge in [0.05, 0.1) is 24.4 Å². The zero-order valence-electron chi connectivity index (χ0n) is 12.0. The third-order valence-corrected chi connectivity index (χ3v) is 4.76. The van der Waals surface area contributed by atoms with Crippen LogP contribution in [0.3, 0.4) is 0 Å². The Hall–Kier alpha value is -0.860. The van der Waals surface area contributed by atoms with Crippen LogP contribution in [0.5, 0.6) is 0 Å². The maximum Gasteiger partial charge on any atom is 0.0866 e. The highest BCUT2D eigenvalue weighted by Crippen LogP contribution is 2.44. The lowest BCUT2D eigenvalue weighted by Crippen LogP contribution is -2.23. The Labute approximate surface area is 116 Å². The molecule has 1 spiro atoms. The Kier molecular flexibility index (Phi) is 3.64. The average molecular weight is 260 g/mol. The van der Waals surface area contributed by atoms with Crippen LogP contribution in [-0.4, -0.2) is 17.8 Å². The largest absolute Gasteiger partial charge is 0.371 e. The highest BCUT2D eigenvalue weighted by molar-refractivity contribution is 5.24. The minimum absolute atomic E-state index is 0.149. The van der Waals surface area contributed by atoms with E-state index in [0.717, 1.165) is 6.42 Å². The van der Waals surface area contributed by atoms with Crippen LogP contribution in [-0.2, 0) is 16.1 Å². The summed E-state index contributed by atoms with van der Waals surface area (Å²) in [6.07, 6.45) is 6.66. The van der Waals surface area contributed by atoms with Gasteiger partial charge in [0.2, 0.25) is 0 Å². The third kappa shape index (κ3) is 2.70. The van der Waals surface area contributed by atoms with E-state index < -0.39 is 0 Å². The Morgan fingerprint density at radius 2 is 2.00 bits per heavy atom. The Balaban J connectivity index is 1.60. The van der Waals surface area contributed by atoms with E-state index in [1.54, 1.807) is 0 Å². The standard InChI is InChI=1S/C17H24O2/c1-13-7-3-4-8-15(13)12-18-16-11-17(19-14(16)2)9-5-6-10-17/h3-4,7-8,14,16H,5-6,9-12H2,1-2H3. The van der Waals surface area contributed by atoms with Gasteiger partial charge in [-0.1, -0.05) is 37.1 Å². The highest BCUT2D eigenvalue weighted by Gasteiger charge is 2.46. The number of aryl methyl sites for hydroxylation is 1. The Morgan fingerprint density at radius 1 is 1.26 bits per heavy atom. The number of ether oxygens (including phenoxy) is 2. The smallest absolute Gasteiger partial charge is 0.0866 e. The van der Waals surface area contributed by atoms with Gasteiger partial charge in [-0.25, -0.2) is 0 Å². The average Bonchev–Trinajstić information content (AvgIpc) is 2.96. The van der Waals surface area contributed by atoms with Gasteiger partial charge in [-0.3, -0.25) is 0 Å². The molecule has 2 nitrogen and oxygen atoms in total. The first kappa shape index (κ1) is 13.1. The molecule has 0 aromatic heterocycles. The van der Waals surface area contributed by atoms with Crippen molar-refractivity contribution in [1.82, 2.24) is 0 Å². The number of benzene rings is 1. The van der Waals surface area contributed by atoms with Gasteiger partial charge < -0.3 is 9.47 Å². The molecule has 1 saturated heterocycles. The van der Waals surface area contributed by atoms with Crippen molar-refractivity contribution < 1.29 is 9.47 Å². The van der Waals surface area contributed by atoms with Gasteiger partial charge in [-0.15, -0.1) is 0 Å². The lowest BCUT2D eigenvalue weighted by atomic mass is 9.96. The van der Waals surface area contributed by atoms with Crippen molar-refractivity contribution in [3.05, 3.63) is 35.4 Å². The highest BCUT2D eigenvalue weighted by atomic mass is 16.6. The number of hydrogen-bond donors (Lipinski definition) is 0. The van der Waals surface area contributed by atoms with E-state index in [9.17, 15) is 0 Å². The molecule has 1 aliphatic carbocycles. The van der Waals surface area contributed by atoms with Crippen LogP contribution in [0.2, 0.25) is 0 Å². The van der Waals surface area contributed by atoms with Crippen molar-refractivity contribution in [2.24, 2.45) is 0 Å². The van der Waals surface area contributed by atoms with Gasteiger partial charge in [-0.05, 0) is 37.8 Å². The van der Waals surface area contributed by atoms with E-state index in [2.05, 4.69) is 38.1 Å². The summed E-state index contributed by atoms with van der Waals surface area (Å²) in [7, 11) is 0. The van der Waals surface area contributed by atoms with Crippen LogP contribution in [0.4, 0.5) is 0 Å². The molecule has 0 N–H and O–H groups in total. The molecule has 1 aliphatic heterocycles. The van der Waals surface area contributed by atoms with Crippen molar-refractivity contribution in [2.75, 3.05) is 0 Å². The van der Waals surface area contributed by atoms with Crippen molar-refractivity contribution >= 4 is 0 Å². The fourth-order valence-corrected chi connectivity index (χ4v) is 3.56. The number of hydrogen-bond acceptors (Lipinski definition) is 2. The molecule has 0 radical (unpaired) electrons. The summed E-state index contributed by atoms with van der Waals surface area (Å²) < 4.78 is 12.4. The van der Waals surface area contributed by atoms with E-state index in [0.29, 0.717) is 6.61 Å². The van der Waals surface area contributed by atoms with Gasteiger partial charge in [0.15, 0.2) is 0 Å². The van der Waals surface area contributed by atoms with Crippen LogP contribution in [0.1, 0.15) is 50.2 Å². The van der Waals surface area contributed by atoms with Crippen molar-refractivity contribution in [1.29, 1.82) is 0 Å². The van der Waals surface area contributed by atoms with Gasteiger partial charge in [0.1, 0.15) is 0 Å². The predicted molar refractivity (Wildman–Crippen MR) is 76.1 cm³/mol. The Bertz CT molecular complexity index is 435. The zero-order valence-corrected chi connectivity index (χ0v) is 12.0. The Morgan fingerprint density at radius 3 is 2.74 bits per heavy atom. The minimum Gasteiger partial charge on any atom is -0.371 e. The van der Waals surface area contributed by atoms with Gasteiger partial charge in [0, 0.05) is 6.42 Å². The molecule has 1 heterocycles. The maximum absolute atomic E-state index is 6.22. The molecular formula is C17H24O2. The van der Waals surface area contributed by atoms with Crippen molar-refractivity contribution in [3.8, 4) is 0 Å². The molecule has 3 rings (SSSR count). The van der Waals surface area contributed by atoms with E-state index in [1.807, 2.05) is 0 Å². The first-order valence-corrected chi connectivity index (χ1v) is 7.52. The molecule has 1 saturated carbocycles. The summed E-state index contributed by atoms with van der Waals surface area (Å²) in [4.78, 5) is 0. The third-order valence-electron chi connectivity index (χ3n) is 4.76. The molecule has 1 aromatic rings. The van der Waals surface area contributed by atoms with Gasteiger partial charge in [0.25, 0.3) is 0 Å². The lowest BCUT2D eigenvalue weighted by molar-refractivity contribution is -0.0525. The summed E-state index contributed by atoms with van der Waals surface area (Å²) in [6.45, 7) is 5.02. The minimum atomic E-state index is 0.149. The lowest BCUT2D eigenvalue weighted by Gasteiger charge is -2.21. The second-order valence-corrected chi connectivity index (χ2v) is 6.19.